The van der Waals surface area contributed by atoms with Gasteiger partial charge in [0.1, 0.15) is 10.7 Å². The highest BCUT2D eigenvalue weighted by molar-refractivity contribution is 7.10. The lowest BCUT2D eigenvalue weighted by Crippen LogP contribution is -2.09. The van der Waals surface area contributed by atoms with Crippen molar-refractivity contribution in [2.45, 2.75) is 44.6 Å². The van der Waals surface area contributed by atoms with Crippen LogP contribution < -0.4 is 5.73 Å². The van der Waals surface area contributed by atoms with E-state index in [1.807, 2.05) is 12.3 Å². The molecule has 2 bridgehead atoms. The fraction of sp³-hybridized carbons (Fsp3) is 0.643. The molecule has 2 aliphatic carbocycles. The fourth-order valence-corrected chi connectivity index (χ4v) is 4.40. The zero-order valence-electron chi connectivity index (χ0n) is 11.5. The molecule has 2 N–H and O–H groups in total. The number of aromatic nitrogens is 3. The summed E-state index contributed by atoms with van der Waals surface area (Å²) >= 11 is 1.54. The minimum Gasteiger partial charge on any atom is -0.332 e. The van der Waals surface area contributed by atoms with Crippen molar-refractivity contribution < 1.29 is 4.52 Å². The summed E-state index contributed by atoms with van der Waals surface area (Å²) < 4.78 is 5.41. The lowest BCUT2D eigenvalue weighted by Gasteiger charge is -2.17. The number of fused-ring (bicyclic) bond motifs is 2. The Bertz CT molecular complexity index is 620. The molecule has 0 radical (unpaired) electrons. The predicted octanol–water partition coefficient (Wildman–Crippen LogP) is 3.12. The monoisotopic (exact) mass is 290 g/mol. The van der Waals surface area contributed by atoms with Gasteiger partial charge in [0.15, 0.2) is 5.82 Å². The van der Waals surface area contributed by atoms with Crippen molar-refractivity contribution in [3.8, 4) is 11.6 Å². The SMILES string of the molecule is CC(N)c1nc(-c2nc(C3CC4CCC3C4)no2)cs1. The zero-order chi connectivity index (χ0) is 13.7. The second kappa shape index (κ2) is 4.63. The summed E-state index contributed by atoms with van der Waals surface area (Å²) in [6.07, 6.45) is 5.28. The summed E-state index contributed by atoms with van der Waals surface area (Å²) in [7, 11) is 0. The number of hydrogen-bond acceptors (Lipinski definition) is 6. The van der Waals surface area contributed by atoms with Gasteiger partial charge in [0.25, 0.3) is 5.89 Å². The Kier molecular flexibility index (Phi) is 2.89. The highest BCUT2D eigenvalue weighted by atomic mass is 32.1. The van der Waals surface area contributed by atoms with E-state index < -0.39 is 0 Å². The van der Waals surface area contributed by atoms with Gasteiger partial charge in [-0.2, -0.15) is 4.98 Å². The van der Waals surface area contributed by atoms with Crippen molar-refractivity contribution in [2.24, 2.45) is 17.6 Å². The molecule has 4 rings (SSSR count). The Morgan fingerprint density at radius 1 is 1.35 bits per heavy atom. The van der Waals surface area contributed by atoms with Crippen LogP contribution in [0.25, 0.3) is 11.6 Å². The van der Waals surface area contributed by atoms with E-state index in [4.69, 9.17) is 10.3 Å². The first-order valence-corrected chi connectivity index (χ1v) is 8.13. The average molecular weight is 290 g/mol. The fourth-order valence-electron chi connectivity index (χ4n) is 3.65. The summed E-state index contributed by atoms with van der Waals surface area (Å²) in [6.45, 7) is 1.93. The van der Waals surface area contributed by atoms with E-state index in [0.29, 0.717) is 11.8 Å². The standard InChI is InChI=1S/C14H18N4OS/c1-7(15)14-16-11(6-20-14)13-17-12(18-19-13)10-5-8-2-3-9(10)4-8/h6-10H,2-5,15H2,1H3. The Balaban J connectivity index is 1.58. The molecule has 20 heavy (non-hydrogen) atoms. The second-order valence-electron chi connectivity index (χ2n) is 6.10. The summed E-state index contributed by atoms with van der Waals surface area (Å²) in [6, 6.07) is -0.0540. The van der Waals surface area contributed by atoms with Gasteiger partial charge in [-0.3, -0.25) is 0 Å². The highest BCUT2D eigenvalue weighted by Crippen LogP contribution is 2.52. The zero-order valence-corrected chi connectivity index (χ0v) is 12.3. The molecule has 2 aromatic rings. The third-order valence-corrected chi connectivity index (χ3v) is 5.69. The van der Waals surface area contributed by atoms with Gasteiger partial charge in [-0.15, -0.1) is 11.3 Å². The average Bonchev–Trinajstić information content (AvgIpc) is 3.20. The highest BCUT2D eigenvalue weighted by Gasteiger charge is 2.42. The van der Waals surface area contributed by atoms with Crippen molar-refractivity contribution in [3.63, 3.8) is 0 Å². The molecule has 2 saturated carbocycles. The summed E-state index contributed by atoms with van der Waals surface area (Å²) in [5.74, 6) is 3.56. The van der Waals surface area contributed by atoms with Gasteiger partial charge in [-0.05, 0) is 38.0 Å². The molecule has 2 fully saturated rings. The largest absolute Gasteiger partial charge is 0.332 e. The molecule has 0 aromatic carbocycles. The van der Waals surface area contributed by atoms with E-state index in [9.17, 15) is 0 Å². The third kappa shape index (κ3) is 1.98. The summed E-state index contributed by atoms with van der Waals surface area (Å²) in [5.41, 5.74) is 6.59. The van der Waals surface area contributed by atoms with Gasteiger partial charge < -0.3 is 10.3 Å². The molecule has 0 saturated heterocycles. The van der Waals surface area contributed by atoms with E-state index in [0.717, 1.165) is 28.4 Å². The van der Waals surface area contributed by atoms with Crippen LogP contribution in [0.15, 0.2) is 9.90 Å². The van der Waals surface area contributed by atoms with Crippen molar-refractivity contribution >= 4 is 11.3 Å². The lowest BCUT2D eigenvalue weighted by molar-refractivity contribution is 0.372. The van der Waals surface area contributed by atoms with Crippen molar-refractivity contribution in [2.75, 3.05) is 0 Å². The van der Waals surface area contributed by atoms with Crippen LogP contribution in [-0.4, -0.2) is 15.1 Å². The number of hydrogen-bond donors (Lipinski definition) is 1. The molecular weight excluding hydrogens is 272 g/mol. The van der Waals surface area contributed by atoms with E-state index >= 15 is 0 Å². The van der Waals surface area contributed by atoms with Gasteiger partial charge in [0.2, 0.25) is 0 Å². The van der Waals surface area contributed by atoms with Crippen LogP contribution in [0.5, 0.6) is 0 Å². The number of nitrogens with zero attached hydrogens (tertiary/aromatic N) is 3. The van der Waals surface area contributed by atoms with E-state index in [1.165, 1.54) is 25.7 Å². The quantitative estimate of drug-likeness (QED) is 0.939. The Hall–Kier alpha value is -1.27. The van der Waals surface area contributed by atoms with Crippen LogP contribution in [0.3, 0.4) is 0 Å². The maximum atomic E-state index is 5.83. The molecule has 0 amide bonds. The molecule has 2 aliphatic rings. The molecule has 2 heterocycles. The predicted molar refractivity (Wildman–Crippen MR) is 76.2 cm³/mol. The van der Waals surface area contributed by atoms with Crippen LogP contribution in [0.1, 0.15) is 55.4 Å². The molecule has 5 nitrogen and oxygen atoms in total. The molecule has 106 valence electrons. The van der Waals surface area contributed by atoms with Crippen molar-refractivity contribution in [3.05, 3.63) is 16.2 Å². The van der Waals surface area contributed by atoms with Crippen LogP contribution >= 0.6 is 11.3 Å². The molecule has 0 spiro atoms. The van der Waals surface area contributed by atoms with E-state index in [1.54, 1.807) is 11.3 Å². The normalized spacial score (nSPS) is 30.0. The van der Waals surface area contributed by atoms with E-state index in [2.05, 4.69) is 15.1 Å². The maximum absolute atomic E-state index is 5.83. The van der Waals surface area contributed by atoms with Gasteiger partial charge in [0.05, 0.1) is 6.04 Å². The van der Waals surface area contributed by atoms with Crippen LogP contribution in [0.4, 0.5) is 0 Å². The minimum atomic E-state index is -0.0540. The van der Waals surface area contributed by atoms with Crippen LogP contribution in [0.2, 0.25) is 0 Å². The number of nitrogens with two attached hydrogens (primary N) is 1. The van der Waals surface area contributed by atoms with Crippen molar-refractivity contribution in [1.82, 2.24) is 15.1 Å². The topological polar surface area (TPSA) is 77.8 Å². The van der Waals surface area contributed by atoms with Crippen LogP contribution in [-0.2, 0) is 0 Å². The maximum Gasteiger partial charge on any atom is 0.277 e. The van der Waals surface area contributed by atoms with E-state index in [-0.39, 0.29) is 6.04 Å². The molecule has 4 atom stereocenters. The first-order chi connectivity index (χ1) is 9.70. The third-order valence-electron chi connectivity index (χ3n) is 4.64. The molecule has 2 aromatic heterocycles. The smallest absolute Gasteiger partial charge is 0.277 e. The van der Waals surface area contributed by atoms with Gasteiger partial charge in [0, 0.05) is 11.3 Å². The Morgan fingerprint density at radius 3 is 2.90 bits per heavy atom. The lowest BCUT2D eigenvalue weighted by atomic mass is 9.88. The van der Waals surface area contributed by atoms with Crippen molar-refractivity contribution in [1.29, 1.82) is 0 Å². The number of rotatable bonds is 3. The van der Waals surface area contributed by atoms with Gasteiger partial charge >= 0.3 is 0 Å². The molecule has 0 aliphatic heterocycles. The molecule has 4 unspecified atom stereocenters. The Morgan fingerprint density at radius 2 is 2.25 bits per heavy atom. The molecular formula is C14H18N4OS. The summed E-state index contributed by atoms with van der Waals surface area (Å²) in [5, 5.41) is 7.04. The minimum absolute atomic E-state index is 0.0540. The Labute approximate surface area is 121 Å². The van der Waals surface area contributed by atoms with Gasteiger partial charge in [-0.1, -0.05) is 11.6 Å². The van der Waals surface area contributed by atoms with Gasteiger partial charge in [-0.25, -0.2) is 4.98 Å². The summed E-state index contributed by atoms with van der Waals surface area (Å²) in [4.78, 5) is 9.04. The first kappa shape index (κ1) is 12.5. The number of thiazole rings is 1. The molecule has 6 heteroatoms. The second-order valence-corrected chi connectivity index (χ2v) is 6.99. The first-order valence-electron chi connectivity index (χ1n) is 7.25. The van der Waals surface area contributed by atoms with Crippen LogP contribution in [0, 0.1) is 11.8 Å².